The molecule has 21 heavy (non-hydrogen) atoms. The number of carbonyl (C=O) groups excluding carboxylic acids is 1. The second-order valence-electron chi connectivity index (χ2n) is 6.71. The van der Waals surface area contributed by atoms with E-state index in [9.17, 15) is 9.00 Å². The van der Waals surface area contributed by atoms with E-state index in [2.05, 4.69) is 11.6 Å². The molecule has 0 aliphatic rings. The van der Waals surface area contributed by atoms with Gasteiger partial charge in [-0.05, 0) is 45.6 Å². The fourth-order valence-corrected chi connectivity index (χ4v) is 3.06. The van der Waals surface area contributed by atoms with Crippen LogP contribution in [-0.2, 0) is 15.8 Å². The Balaban J connectivity index is 2.86. The lowest BCUT2D eigenvalue weighted by Crippen LogP contribution is -2.36. The Morgan fingerprint density at radius 2 is 1.81 bits per heavy atom. The van der Waals surface area contributed by atoms with Crippen molar-refractivity contribution in [1.29, 1.82) is 0 Å². The molecule has 3 nitrogen and oxygen atoms in total. The number of hydrogen-bond donors (Lipinski definition) is 1. The minimum absolute atomic E-state index is 0.000563. The van der Waals surface area contributed by atoms with Crippen molar-refractivity contribution in [1.82, 2.24) is 4.72 Å². The van der Waals surface area contributed by atoms with Crippen molar-refractivity contribution in [2.75, 3.05) is 0 Å². The van der Waals surface area contributed by atoms with Crippen LogP contribution in [0.2, 0.25) is 0 Å². The third kappa shape index (κ3) is 6.53. The molecule has 0 aliphatic carbocycles. The molecule has 1 N–H and O–H groups in total. The summed E-state index contributed by atoms with van der Waals surface area (Å²) in [6, 6.07) is 10.0. The maximum Gasteiger partial charge on any atom is 0.130 e. The summed E-state index contributed by atoms with van der Waals surface area (Å²) in [4.78, 5) is 11.3. The van der Waals surface area contributed by atoms with Crippen molar-refractivity contribution in [3.63, 3.8) is 0 Å². The molecule has 4 heteroatoms. The fraction of sp³-hybridized carbons (Fsp3) is 0.588. The molecule has 0 heterocycles. The van der Waals surface area contributed by atoms with Crippen LogP contribution in [0.3, 0.4) is 0 Å². The first-order chi connectivity index (χ1) is 9.70. The fourth-order valence-electron chi connectivity index (χ4n) is 2.22. The van der Waals surface area contributed by atoms with Crippen LogP contribution in [0.25, 0.3) is 0 Å². The van der Waals surface area contributed by atoms with Crippen molar-refractivity contribution in [2.45, 2.75) is 58.2 Å². The first-order valence-corrected chi connectivity index (χ1v) is 8.57. The summed E-state index contributed by atoms with van der Waals surface area (Å²) in [5, 5.41) is 0. The first-order valence-electron chi connectivity index (χ1n) is 7.42. The average Bonchev–Trinajstić information content (AvgIpc) is 2.36. The number of hydrogen-bond acceptors (Lipinski definition) is 2. The molecule has 0 aliphatic heterocycles. The van der Waals surface area contributed by atoms with Crippen LogP contribution in [0.15, 0.2) is 30.3 Å². The highest BCUT2D eigenvalue weighted by Gasteiger charge is 2.24. The lowest BCUT2D eigenvalue weighted by molar-refractivity contribution is -0.117. The molecule has 0 amide bonds. The number of carbonyl (C=O) groups is 1. The Bertz CT molecular complexity index is 479. The van der Waals surface area contributed by atoms with Crippen LogP contribution < -0.4 is 4.72 Å². The second-order valence-corrected chi connectivity index (χ2v) is 8.71. The molecule has 118 valence electrons. The van der Waals surface area contributed by atoms with Gasteiger partial charge >= 0.3 is 0 Å². The summed E-state index contributed by atoms with van der Waals surface area (Å²) >= 11 is 0. The average molecular weight is 309 g/mol. The highest BCUT2D eigenvalue weighted by Crippen LogP contribution is 2.25. The van der Waals surface area contributed by atoms with E-state index in [1.165, 1.54) is 0 Å². The van der Waals surface area contributed by atoms with Crippen LogP contribution in [0.5, 0.6) is 0 Å². The number of benzene rings is 1. The van der Waals surface area contributed by atoms with E-state index in [-0.39, 0.29) is 22.5 Å². The molecule has 1 aromatic rings. The largest absolute Gasteiger partial charge is 0.300 e. The smallest absolute Gasteiger partial charge is 0.130 e. The summed E-state index contributed by atoms with van der Waals surface area (Å²) < 4.78 is 15.3. The minimum atomic E-state index is -1.13. The van der Waals surface area contributed by atoms with Gasteiger partial charge in [0.2, 0.25) is 0 Å². The van der Waals surface area contributed by atoms with E-state index >= 15 is 0 Å². The van der Waals surface area contributed by atoms with E-state index in [1.54, 1.807) is 6.92 Å². The van der Waals surface area contributed by atoms with Crippen LogP contribution in [0.1, 0.15) is 59.1 Å². The SMILES string of the molecule is CC(=O)C[C@H](C)C[C@@H](N[S@](=O)C(C)(C)C)c1ccccc1. The van der Waals surface area contributed by atoms with Gasteiger partial charge in [-0.25, -0.2) is 8.93 Å². The Labute approximate surface area is 131 Å². The number of ketones is 1. The first kappa shape index (κ1) is 18.1. The van der Waals surface area contributed by atoms with E-state index in [1.807, 2.05) is 51.1 Å². The summed E-state index contributed by atoms with van der Waals surface area (Å²) in [7, 11) is -1.13. The van der Waals surface area contributed by atoms with Gasteiger partial charge < -0.3 is 4.79 Å². The molecule has 0 radical (unpaired) electrons. The third-order valence-corrected chi connectivity index (χ3v) is 4.89. The van der Waals surface area contributed by atoms with Gasteiger partial charge in [-0.15, -0.1) is 0 Å². The lowest BCUT2D eigenvalue weighted by atomic mass is 9.93. The molecule has 1 aromatic carbocycles. The number of rotatable bonds is 7. The summed E-state index contributed by atoms with van der Waals surface area (Å²) in [5.41, 5.74) is 1.12. The molecular weight excluding hydrogens is 282 g/mol. The van der Waals surface area contributed by atoms with Crippen molar-refractivity contribution >= 4 is 16.8 Å². The molecule has 0 saturated carbocycles. The summed E-state index contributed by atoms with van der Waals surface area (Å²) in [6.07, 6.45) is 1.36. The van der Waals surface area contributed by atoms with Gasteiger partial charge in [0.25, 0.3) is 0 Å². The highest BCUT2D eigenvalue weighted by atomic mass is 32.2. The standard InChI is InChI=1S/C17H27NO2S/c1-13(11-14(2)19)12-16(15-9-7-6-8-10-15)18-21(20)17(3,4)5/h6-10,13,16,18H,11-12H2,1-5H3/t13-,16+,21+/m0/s1. The summed E-state index contributed by atoms with van der Waals surface area (Å²) in [5.74, 6) is 0.462. The molecule has 1 rings (SSSR count). The summed E-state index contributed by atoms with van der Waals surface area (Å²) in [6.45, 7) is 9.55. The van der Waals surface area contributed by atoms with E-state index < -0.39 is 11.0 Å². The zero-order chi connectivity index (χ0) is 16.0. The number of nitrogens with one attached hydrogen (secondary N) is 1. The highest BCUT2D eigenvalue weighted by molar-refractivity contribution is 7.84. The van der Waals surface area contributed by atoms with E-state index in [0.29, 0.717) is 6.42 Å². The predicted molar refractivity (Wildman–Crippen MR) is 89.3 cm³/mol. The Hall–Kier alpha value is -1.00. The quantitative estimate of drug-likeness (QED) is 0.833. The van der Waals surface area contributed by atoms with Crippen molar-refractivity contribution in [3.8, 4) is 0 Å². The van der Waals surface area contributed by atoms with Crippen molar-refractivity contribution < 1.29 is 9.00 Å². The minimum Gasteiger partial charge on any atom is -0.300 e. The third-order valence-electron chi connectivity index (χ3n) is 3.28. The van der Waals surface area contributed by atoms with Gasteiger partial charge in [0.1, 0.15) is 5.78 Å². The lowest BCUT2D eigenvalue weighted by Gasteiger charge is -2.26. The van der Waals surface area contributed by atoms with Crippen molar-refractivity contribution in [2.24, 2.45) is 5.92 Å². The molecule has 0 unspecified atom stereocenters. The van der Waals surface area contributed by atoms with Crippen molar-refractivity contribution in [3.05, 3.63) is 35.9 Å². The Morgan fingerprint density at radius 3 is 2.29 bits per heavy atom. The van der Waals surface area contributed by atoms with Crippen LogP contribution >= 0.6 is 0 Å². The van der Waals surface area contributed by atoms with E-state index in [4.69, 9.17) is 0 Å². The maximum absolute atomic E-state index is 12.4. The molecule has 0 saturated heterocycles. The molecule has 0 bridgehead atoms. The van der Waals surface area contributed by atoms with Gasteiger partial charge in [-0.2, -0.15) is 0 Å². The van der Waals surface area contributed by atoms with Crippen LogP contribution in [-0.4, -0.2) is 14.7 Å². The zero-order valence-electron chi connectivity index (χ0n) is 13.7. The van der Waals surface area contributed by atoms with Gasteiger partial charge in [0.05, 0.1) is 15.7 Å². The Morgan fingerprint density at radius 1 is 1.24 bits per heavy atom. The van der Waals surface area contributed by atoms with Crippen LogP contribution in [0.4, 0.5) is 0 Å². The van der Waals surface area contributed by atoms with Gasteiger partial charge in [-0.3, -0.25) is 0 Å². The van der Waals surface area contributed by atoms with Gasteiger partial charge in [0, 0.05) is 12.5 Å². The topological polar surface area (TPSA) is 46.2 Å². The second kappa shape index (κ2) is 7.85. The van der Waals surface area contributed by atoms with Crippen LogP contribution in [0, 0.1) is 5.92 Å². The monoisotopic (exact) mass is 309 g/mol. The normalized spacial score (nSPS) is 16.2. The Kier molecular flexibility index (Phi) is 6.75. The maximum atomic E-state index is 12.4. The number of Topliss-reactive ketones (excluding diaryl/α,β-unsaturated/α-hetero) is 1. The van der Waals surface area contributed by atoms with Gasteiger partial charge in [-0.1, -0.05) is 37.3 Å². The zero-order valence-corrected chi connectivity index (χ0v) is 14.5. The molecule has 0 aromatic heterocycles. The molecule has 0 fully saturated rings. The predicted octanol–water partition coefficient (Wildman–Crippen LogP) is 3.78. The van der Waals surface area contributed by atoms with E-state index in [0.717, 1.165) is 12.0 Å². The molecular formula is C17H27NO2S. The molecule has 3 atom stereocenters. The van der Waals surface area contributed by atoms with Gasteiger partial charge in [0.15, 0.2) is 0 Å². The molecule has 0 spiro atoms.